The molecule has 2 aromatic heterocycles. The highest BCUT2D eigenvalue weighted by molar-refractivity contribution is 5.81. The third kappa shape index (κ3) is 4.68. The molecule has 0 spiro atoms. The summed E-state index contributed by atoms with van der Waals surface area (Å²) in [5.41, 5.74) is 5.20. The summed E-state index contributed by atoms with van der Waals surface area (Å²) in [6.07, 6.45) is 3.56. The van der Waals surface area contributed by atoms with Crippen molar-refractivity contribution in [1.82, 2.24) is 19.5 Å². The van der Waals surface area contributed by atoms with Crippen molar-refractivity contribution in [2.24, 2.45) is 0 Å². The molecule has 3 aromatic carbocycles. The summed E-state index contributed by atoms with van der Waals surface area (Å²) in [7, 11) is 1.68. The number of imidazole rings is 1. The van der Waals surface area contributed by atoms with Crippen molar-refractivity contribution in [3.8, 4) is 11.6 Å². The van der Waals surface area contributed by atoms with Gasteiger partial charge >= 0.3 is 0 Å². The summed E-state index contributed by atoms with van der Waals surface area (Å²) < 4.78 is 7.28. The van der Waals surface area contributed by atoms with Crippen LogP contribution in [-0.2, 0) is 6.54 Å². The molecule has 0 radical (unpaired) electrons. The average molecular weight is 451 g/mol. The molecule has 2 heterocycles. The molecule has 1 atom stereocenters. The Balaban J connectivity index is 1.33. The minimum Gasteiger partial charge on any atom is -0.497 e. The van der Waals surface area contributed by atoms with Crippen LogP contribution in [0.15, 0.2) is 91.4 Å². The second-order valence-corrected chi connectivity index (χ2v) is 8.04. The van der Waals surface area contributed by atoms with E-state index in [2.05, 4.69) is 57.9 Å². The summed E-state index contributed by atoms with van der Waals surface area (Å²) in [4.78, 5) is 13.7. The number of rotatable bonds is 8. The fourth-order valence-corrected chi connectivity index (χ4v) is 3.86. The van der Waals surface area contributed by atoms with Gasteiger partial charge < -0.3 is 15.4 Å². The lowest BCUT2D eigenvalue weighted by Crippen LogP contribution is -2.10. The lowest BCUT2D eigenvalue weighted by atomic mass is 10.1. The third-order valence-electron chi connectivity index (χ3n) is 5.71. The summed E-state index contributed by atoms with van der Waals surface area (Å²) in [5, 5.41) is 6.84. The molecule has 34 heavy (non-hydrogen) atoms. The number of hydrogen-bond acceptors (Lipinski definition) is 6. The van der Waals surface area contributed by atoms with Crippen molar-refractivity contribution in [3.05, 3.63) is 103 Å². The van der Waals surface area contributed by atoms with Crippen molar-refractivity contribution < 1.29 is 4.74 Å². The van der Waals surface area contributed by atoms with Gasteiger partial charge in [-0.05, 0) is 54.4 Å². The molecule has 0 fully saturated rings. The fraction of sp³-hybridized carbons (Fsp3) is 0.148. The van der Waals surface area contributed by atoms with Gasteiger partial charge in [0.25, 0.3) is 0 Å². The zero-order valence-electron chi connectivity index (χ0n) is 19.1. The number of methoxy groups -OCH3 is 1. The third-order valence-corrected chi connectivity index (χ3v) is 5.71. The Morgan fingerprint density at radius 2 is 1.82 bits per heavy atom. The van der Waals surface area contributed by atoms with E-state index >= 15 is 0 Å². The van der Waals surface area contributed by atoms with Crippen LogP contribution in [0.25, 0.3) is 16.9 Å². The van der Waals surface area contributed by atoms with E-state index in [0.29, 0.717) is 12.5 Å². The van der Waals surface area contributed by atoms with Gasteiger partial charge in [-0.3, -0.25) is 4.57 Å². The Bertz CT molecular complexity index is 1400. The first-order valence-corrected chi connectivity index (χ1v) is 11.2. The van der Waals surface area contributed by atoms with Gasteiger partial charge in [0.2, 0.25) is 5.95 Å². The highest BCUT2D eigenvalue weighted by Crippen LogP contribution is 2.23. The van der Waals surface area contributed by atoms with Gasteiger partial charge in [-0.2, -0.15) is 4.98 Å². The number of hydrogen-bond donors (Lipinski definition) is 2. The molecule has 0 saturated carbocycles. The smallest absolute Gasteiger partial charge is 0.225 e. The monoisotopic (exact) mass is 450 g/mol. The predicted octanol–water partition coefficient (Wildman–Crippen LogP) is 5.61. The van der Waals surface area contributed by atoms with Crippen LogP contribution in [-0.4, -0.2) is 26.6 Å². The molecule has 0 aliphatic carbocycles. The molecule has 7 nitrogen and oxygen atoms in total. The minimum absolute atomic E-state index is 0.0918. The molecule has 2 N–H and O–H groups in total. The van der Waals surface area contributed by atoms with Crippen LogP contribution in [0, 0.1) is 0 Å². The quantitative estimate of drug-likeness (QED) is 0.320. The van der Waals surface area contributed by atoms with Gasteiger partial charge in [-0.1, -0.05) is 42.5 Å². The first-order chi connectivity index (χ1) is 16.7. The Labute approximate surface area is 198 Å². The number of nitrogens with zero attached hydrogens (tertiary/aromatic N) is 4. The number of nitrogens with one attached hydrogen (secondary N) is 2. The van der Waals surface area contributed by atoms with Crippen molar-refractivity contribution in [3.63, 3.8) is 0 Å². The second kappa shape index (κ2) is 9.62. The molecule has 170 valence electrons. The predicted molar refractivity (Wildman–Crippen MR) is 135 cm³/mol. The van der Waals surface area contributed by atoms with Gasteiger partial charge in [0.05, 0.1) is 24.2 Å². The molecule has 7 heteroatoms. The average Bonchev–Trinajstić information content (AvgIpc) is 3.31. The molecule has 0 unspecified atom stereocenters. The lowest BCUT2D eigenvalue weighted by Gasteiger charge is -2.14. The van der Waals surface area contributed by atoms with E-state index in [4.69, 9.17) is 9.72 Å². The molecular weight excluding hydrogens is 424 g/mol. The molecule has 0 aliphatic heterocycles. The van der Waals surface area contributed by atoms with Gasteiger partial charge in [-0.25, -0.2) is 9.97 Å². The summed E-state index contributed by atoms with van der Waals surface area (Å²) in [5.74, 6) is 2.19. The topological polar surface area (TPSA) is 76.9 Å². The summed E-state index contributed by atoms with van der Waals surface area (Å²) in [6.45, 7) is 2.79. The number of benzene rings is 3. The van der Waals surface area contributed by atoms with Crippen LogP contribution in [0.3, 0.4) is 0 Å². The SMILES string of the molecule is COc1cccc(CNc2ccc3c(c2)ncn3-c2ccnc(N[C@@H](C)c3ccccc3)n2)c1. The van der Waals surface area contributed by atoms with Crippen molar-refractivity contribution in [1.29, 1.82) is 0 Å². The molecule has 5 rings (SSSR count). The molecule has 0 amide bonds. The zero-order valence-corrected chi connectivity index (χ0v) is 19.1. The molecule has 0 bridgehead atoms. The number of anilines is 2. The van der Waals surface area contributed by atoms with E-state index in [1.807, 2.05) is 53.1 Å². The lowest BCUT2D eigenvalue weighted by molar-refractivity contribution is 0.414. The Morgan fingerprint density at radius 3 is 2.68 bits per heavy atom. The highest BCUT2D eigenvalue weighted by atomic mass is 16.5. The standard InChI is InChI=1S/C27H26N6O/c1-19(21-8-4-3-5-9-21)31-27-28-14-13-26(32-27)33-18-30-24-16-22(11-12-25(24)33)29-17-20-7-6-10-23(15-20)34-2/h3-16,18-19,29H,17H2,1-2H3,(H,28,31,32)/t19-/m0/s1. The largest absolute Gasteiger partial charge is 0.497 e. The number of aromatic nitrogens is 4. The van der Waals surface area contributed by atoms with Gasteiger partial charge in [0, 0.05) is 18.4 Å². The van der Waals surface area contributed by atoms with E-state index in [0.717, 1.165) is 33.9 Å². The second-order valence-electron chi connectivity index (χ2n) is 8.04. The Morgan fingerprint density at radius 1 is 0.941 bits per heavy atom. The van der Waals surface area contributed by atoms with Gasteiger partial charge in [0.15, 0.2) is 0 Å². The number of fused-ring (bicyclic) bond motifs is 1. The maximum absolute atomic E-state index is 5.31. The van der Waals surface area contributed by atoms with E-state index < -0.39 is 0 Å². The maximum Gasteiger partial charge on any atom is 0.225 e. The molecular formula is C27H26N6O. The number of ether oxygens (including phenoxy) is 1. The van der Waals surface area contributed by atoms with Crippen molar-refractivity contribution in [2.75, 3.05) is 17.7 Å². The van der Waals surface area contributed by atoms with Crippen molar-refractivity contribution >= 4 is 22.7 Å². The van der Waals surface area contributed by atoms with Gasteiger partial charge in [-0.15, -0.1) is 0 Å². The first kappa shape index (κ1) is 21.5. The van der Waals surface area contributed by atoms with Crippen molar-refractivity contribution in [2.45, 2.75) is 19.5 Å². The van der Waals surface area contributed by atoms with Gasteiger partial charge in [0.1, 0.15) is 17.9 Å². The first-order valence-electron chi connectivity index (χ1n) is 11.2. The van der Waals surface area contributed by atoms with Crippen LogP contribution in [0.5, 0.6) is 5.75 Å². The summed E-state index contributed by atoms with van der Waals surface area (Å²) in [6, 6.07) is 26.4. The van der Waals surface area contributed by atoms with Crippen LogP contribution < -0.4 is 15.4 Å². The zero-order chi connectivity index (χ0) is 23.3. The highest BCUT2D eigenvalue weighted by Gasteiger charge is 2.10. The van der Waals surface area contributed by atoms with E-state index in [1.54, 1.807) is 19.6 Å². The van der Waals surface area contributed by atoms with Crippen LogP contribution in [0.4, 0.5) is 11.6 Å². The van der Waals surface area contributed by atoms with Crippen LogP contribution in [0.2, 0.25) is 0 Å². The molecule has 5 aromatic rings. The maximum atomic E-state index is 5.31. The Kier molecular flexibility index (Phi) is 6.07. The van der Waals surface area contributed by atoms with Crippen LogP contribution >= 0.6 is 0 Å². The van der Waals surface area contributed by atoms with E-state index in [-0.39, 0.29) is 6.04 Å². The summed E-state index contributed by atoms with van der Waals surface area (Å²) >= 11 is 0. The van der Waals surface area contributed by atoms with E-state index in [1.165, 1.54) is 5.56 Å². The molecule has 0 aliphatic rings. The van der Waals surface area contributed by atoms with Crippen LogP contribution in [0.1, 0.15) is 24.1 Å². The molecule has 0 saturated heterocycles. The normalized spacial score (nSPS) is 11.8. The Hall–Kier alpha value is -4.39. The fourth-order valence-electron chi connectivity index (χ4n) is 3.86. The minimum atomic E-state index is 0.0918. The van der Waals surface area contributed by atoms with E-state index in [9.17, 15) is 0 Å².